The molecule has 19 heavy (non-hydrogen) atoms. The summed E-state index contributed by atoms with van der Waals surface area (Å²) in [6, 6.07) is 6.32. The van der Waals surface area contributed by atoms with Crippen LogP contribution >= 0.6 is 11.8 Å². The third-order valence-corrected chi connectivity index (χ3v) is 4.10. The maximum absolute atomic E-state index is 10.6. The highest BCUT2D eigenvalue weighted by atomic mass is 32.2. The molecular formula is C16H27NOS. The number of benzene rings is 1. The van der Waals surface area contributed by atoms with Crippen molar-refractivity contribution in [3.8, 4) is 0 Å². The average Bonchev–Trinajstić information content (AvgIpc) is 2.34. The summed E-state index contributed by atoms with van der Waals surface area (Å²) in [5, 5.41) is 14.1. The molecule has 2 N–H and O–H groups in total. The van der Waals surface area contributed by atoms with Gasteiger partial charge in [-0.05, 0) is 57.6 Å². The number of aliphatic hydroxyl groups is 1. The Hall–Kier alpha value is -0.510. The van der Waals surface area contributed by atoms with Crippen LogP contribution in [0.5, 0.6) is 0 Å². The summed E-state index contributed by atoms with van der Waals surface area (Å²) in [7, 11) is 0. The number of nitrogens with one attached hydrogen (secondary N) is 1. The molecule has 3 heteroatoms. The molecule has 0 aromatic heterocycles. The molecule has 0 saturated carbocycles. The minimum absolute atomic E-state index is 0.00983. The van der Waals surface area contributed by atoms with Crippen LogP contribution in [0.2, 0.25) is 0 Å². The fourth-order valence-electron chi connectivity index (χ4n) is 2.28. The molecule has 1 aromatic carbocycles. The Morgan fingerprint density at radius 3 is 2.37 bits per heavy atom. The van der Waals surface area contributed by atoms with Gasteiger partial charge in [-0.15, -0.1) is 11.8 Å². The summed E-state index contributed by atoms with van der Waals surface area (Å²) in [6.45, 7) is 10.6. The molecule has 0 heterocycles. The van der Waals surface area contributed by atoms with Crippen molar-refractivity contribution in [3.05, 3.63) is 29.3 Å². The van der Waals surface area contributed by atoms with Crippen molar-refractivity contribution in [2.24, 2.45) is 0 Å². The molecule has 1 rings (SSSR count). The largest absolute Gasteiger partial charge is 0.387 e. The van der Waals surface area contributed by atoms with Crippen LogP contribution in [-0.2, 0) is 0 Å². The lowest BCUT2D eigenvalue weighted by Crippen LogP contribution is -2.46. The van der Waals surface area contributed by atoms with Gasteiger partial charge in [0.05, 0.1) is 6.10 Å². The van der Waals surface area contributed by atoms with Crippen LogP contribution in [0.25, 0.3) is 0 Å². The Morgan fingerprint density at radius 2 is 1.95 bits per heavy atom. The molecule has 2 nitrogen and oxygen atoms in total. The smallest absolute Gasteiger partial charge is 0.0943 e. The Kier molecular flexibility index (Phi) is 5.90. The van der Waals surface area contributed by atoms with Crippen molar-refractivity contribution >= 4 is 11.8 Å². The second-order valence-electron chi connectivity index (χ2n) is 6.08. The van der Waals surface area contributed by atoms with Gasteiger partial charge in [0.1, 0.15) is 0 Å². The van der Waals surface area contributed by atoms with Crippen LogP contribution in [0.3, 0.4) is 0 Å². The van der Waals surface area contributed by atoms with Crippen molar-refractivity contribution in [1.82, 2.24) is 5.32 Å². The summed E-state index contributed by atoms with van der Waals surface area (Å²) in [5.41, 5.74) is 2.24. The number of aryl methyl sites for hydroxylation is 1. The first-order valence-corrected chi connectivity index (χ1v) is 8.11. The first-order valence-electron chi connectivity index (χ1n) is 6.88. The molecule has 0 amide bonds. The van der Waals surface area contributed by atoms with Crippen LogP contribution < -0.4 is 5.32 Å². The van der Waals surface area contributed by atoms with Gasteiger partial charge in [0.15, 0.2) is 0 Å². The van der Waals surface area contributed by atoms with E-state index in [2.05, 4.69) is 58.3 Å². The van der Waals surface area contributed by atoms with E-state index in [0.717, 1.165) is 12.0 Å². The van der Waals surface area contributed by atoms with Crippen LogP contribution in [0, 0.1) is 6.92 Å². The highest BCUT2D eigenvalue weighted by Crippen LogP contribution is 2.26. The van der Waals surface area contributed by atoms with Gasteiger partial charge in [0.25, 0.3) is 0 Å². The van der Waals surface area contributed by atoms with Gasteiger partial charge in [-0.1, -0.05) is 19.1 Å². The molecule has 0 radical (unpaired) electrons. The van der Waals surface area contributed by atoms with Gasteiger partial charge in [0.2, 0.25) is 0 Å². The summed E-state index contributed by atoms with van der Waals surface area (Å²) in [5.74, 6) is 0. The predicted molar refractivity (Wildman–Crippen MR) is 84.9 cm³/mol. The summed E-state index contributed by atoms with van der Waals surface area (Å²) in [6.07, 6.45) is 2.52. The van der Waals surface area contributed by atoms with Crippen molar-refractivity contribution in [1.29, 1.82) is 0 Å². The van der Waals surface area contributed by atoms with E-state index in [1.165, 1.54) is 10.5 Å². The maximum atomic E-state index is 10.6. The Labute approximate surface area is 122 Å². The Balaban J connectivity index is 2.91. The van der Waals surface area contributed by atoms with Crippen LogP contribution in [0.1, 0.15) is 51.3 Å². The highest BCUT2D eigenvalue weighted by molar-refractivity contribution is 7.98. The maximum Gasteiger partial charge on any atom is 0.0943 e. The van der Waals surface area contributed by atoms with Crippen molar-refractivity contribution in [2.45, 2.75) is 63.6 Å². The van der Waals surface area contributed by atoms with E-state index in [1.54, 1.807) is 11.8 Å². The topological polar surface area (TPSA) is 32.3 Å². The molecule has 0 aliphatic heterocycles. The summed E-state index contributed by atoms with van der Waals surface area (Å²) >= 11 is 1.74. The molecular weight excluding hydrogens is 254 g/mol. The lowest BCUT2D eigenvalue weighted by atomic mass is 9.96. The molecule has 0 saturated heterocycles. The monoisotopic (exact) mass is 281 g/mol. The molecule has 108 valence electrons. The van der Waals surface area contributed by atoms with Crippen LogP contribution in [0.15, 0.2) is 23.1 Å². The molecule has 0 spiro atoms. The molecule has 0 aliphatic carbocycles. The second kappa shape index (κ2) is 6.78. The predicted octanol–water partition coefficient (Wildman–Crippen LogP) is 3.92. The zero-order valence-electron chi connectivity index (χ0n) is 12.9. The fraction of sp³-hybridized carbons (Fsp3) is 0.625. The number of hydrogen-bond donors (Lipinski definition) is 2. The number of aliphatic hydroxyl groups excluding tert-OH is 1. The minimum Gasteiger partial charge on any atom is -0.387 e. The third kappa shape index (κ3) is 4.83. The average molecular weight is 281 g/mol. The van der Waals surface area contributed by atoms with E-state index < -0.39 is 6.10 Å². The zero-order chi connectivity index (χ0) is 14.6. The number of hydrogen-bond acceptors (Lipinski definition) is 3. The molecule has 0 aliphatic rings. The normalized spacial score (nSPS) is 15.3. The quantitative estimate of drug-likeness (QED) is 0.802. The first kappa shape index (κ1) is 16.5. The molecule has 0 bridgehead atoms. The van der Waals surface area contributed by atoms with E-state index in [4.69, 9.17) is 0 Å². The van der Waals surface area contributed by atoms with Gasteiger partial charge >= 0.3 is 0 Å². The van der Waals surface area contributed by atoms with Gasteiger partial charge in [0, 0.05) is 16.5 Å². The van der Waals surface area contributed by atoms with E-state index in [0.29, 0.717) is 0 Å². The van der Waals surface area contributed by atoms with Gasteiger partial charge in [-0.25, -0.2) is 0 Å². The SMILES string of the molecule is CCC(NC(C)(C)C)C(O)c1ccc(SC)c(C)c1. The Morgan fingerprint density at radius 1 is 1.32 bits per heavy atom. The van der Waals surface area contributed by atoms with Crippen molar-refractivity contribution < 1.29 is 5.11 Å². The van der Waals surface area contributed by atoms with Gasteiger partial charge in [-0.2, -0.15) is 0 Å². The van der Waals surface area contributed by atoms with Crippen LogP contribution in [0.4, 0.5) is 0 Å². The first-order chi connectivity index (χ1) is 8.78. The van der Waals surface area contributed by atoms with E-state index >= 15 is 0 Å². The molecule has 0 fully saturated rings. The molecule has 1 aromatic rings. The minimum atomic E-state index is -0.459. The number of thioether (sulfide) groups is 1. The second-order valence-corrected chi connectivity index (χ2v) is 6.93. The lowest BCUT2D eigenvalue weighted by Gasteiger charge is -2.31. The van der Waals surface area contributed by atoms with E-state index in [-0.39, 0.29) is 11.6 Å². The third-order valence-electron chi connectivity index (χ3n) is 3.20. The number of rotatable bonds is 5. The molecule has 2 unspecified atom stereocenters. The summed E-state index contributed by atoms with van der Waals surface area (Å²) < 4.78 is 0. The van der Waals surface area contributed by atoms with E-state index in [1.807, 2.05) is 6.07 Å². The standard InChI is InChI=1S/C16H27NOS/c1-7-13(17-16(3,4)5)15(18)12-8-9-14(19-6)11(2)10-12/h8-10,13,15,17-18H,7H2,1-6H3. The molecule has 2 atom stereocenters. The Bertz CT molecular complexity index is 412. The van der Waals surface area contributed by atoms with Crippen LogP contribution in [-0.4, -0.2) is 22.9 Å². The zero-order valence-corrected chi connectivity index (χ0v) is 13.8. The van der Waals surface area contributed by atoms with Gasteiger partial charge < -0.3 is 10.4 Å². The van der Waals surface area contributed by atoms with E-state index in [9.17, 15) is 5.11 Å². The van der Waals surface area contributed by atoms with Gasteiger partial charge in [-0.3, -0.25) is 0 Å². The highest BCUT2D eigenvalue weighted by Gasteiger charge is 2.24. The van der Waals surface area contributed by atoms with Crippen molar-refractivity contribution in [2.75, 3.05) is 6.26 Å². The lowest BCUT2D eigenvalue weighted by molar-refractivity contribution is 0.111. The van der Waals surface area contributed by atoms with Crippen molar-refractivity contribution in [3.63, 3.8) is 0 Å². The summed E-state index contributed by atoms with van der Waals surface area (Å²) in [4.78, 5) is 1.27. The fourth-order valence-corrected chi connectivity index (χ4v) is 2.86.